The fourth-order valence-corrected chi connectivity index (χ4v) is 2.60. The normalized spacial score (nSPS) is 14.5. The molecule has 1 amide bonds. The molecule has 1 atom stereocenters. The van der Waals surface area contributed by atoms with Crippen LogP contribution in [0.3, 0.4) is 0 Å². The van der Waals surface area contributed by atoms with Gasteiger partial charge in [-0.15, -0.1) is 0 Å². The van der Waals surface area contributed by atoms with Gasteiger partial charge in [0, 0.05) is 11.6 Å². The van der Waals surface area contributed by atoms with Crippen molar-refractivity contribution < 1.29 is 13.9 Å². The molecule has 22 heavy (non-hydrogen) atoms. The van der Waals surface area contributed by atoms with Gasteiger partial charge in [-0.05, 0) is 41.3 Å². The highest BCUT2D eigenvalue weighted by atomic mass is 19.1. The van der Waals surface area contributed by atoms with Crippen molar-refractivity contribution in [1.29, 1.82) is 0 Å². The summed E-state index contributed by atoms with van der Waals surface area (Å²) in [5.74, 6) is -0.680. The van der Waals surface area contributed by atoms with Gasteiger partial charge >= 0.3 is 0 Å². The molecule has 3 nitrogen and oxygen atoms in total. The molecular formula is C18H18FNO2. The second-order valence-electron chi connectivity index (χ2n) is 5.66. The number of carbonyl (C=O) groups excluding carboxylic acids is 1. The van der Waals surface area contributed by atoms with Crippen LogP contribution in [0.1, 0.15) is 23.6 Å². The van der Waals surface area contributed by atoms with Gasteiger partial charge < -0.3 is 10.1 Å². The number of fused-ring (bicyclic) bond motifs is 1. The van der Waals surface area contributed by atoms with Crippen LogP contribution in [-0.4, -0.2) is 5.91 Å². The Kier molecular flexibility index (Phi) is 4.20. The van der Waals surface area contributed by atoms with Crippen LogP contribution in [0.5, 0.6) is 0 Å². The zero-order chi connectivity index (χ0) is 15.5. The molecule has 1 N–H and O–H groups in total. The van der Waals surface area contributed by atoms with Crippen molar-refractivity contribution >= 4 is 11.6 Å². The van der Waals surface area contributed by atoms with Crippen LogP contribution in [0, 0.1) is 11.7 Å². The van der Waals surface area contributed by atoms with Gasteiger partial charge in [-0.2, -0.15) is 0 Å². The van der Waals surface area contributed by atoms with Crippen molar-refractivity contribution in [2.24, 2.45) is 5.92 Å². The summed E-state index contributed by atoms with van der Waals surface area (Å²) in [6.45, 7) is 3.02. The van der Waals surface area contributed by atoms with Gasteiger partial charge in [-0.1, -0.05) is 31.2 Å². The number of ether oxygens (including phenoxy) is 1. The number of hydrogen-bond donors (Lipinski definition) is 1. The van der Waals surface area contributed by atoms with Gasteiger partial charge in [0.1, 0.15) is 5.82 Å². The first-order chi connectivity index (χ1) is 10.6. The molecule has 0 aliphatic carbocycles. The molecule has 0 saturated heterocycles. The van der Waals surface area contributed by atoms with Crippen molar-refractivity contribution in [1.82, 2.24) is 0 Å². The summed E-state index contributed by atoms with van der Waals surface area (Å²) in [6, 6.07) is 12.3. The summed E-state index contributed by atoms with van der Waals surface area (Å²) < 4.78 is 19.0. The number of nitrogens with one attached hydrogen (secondary N) is 1. The third-order valence-electron chi connectivity index (χ3n) is 3.92. The highest BCUT2D eigenvalue weighted by molar-refractivity contribution is 5.92. The largest absolute Gasteiger partial charge is 0.372 e. The molecule has 114 valence electrons. The minimum absolute atomic E-state index is 0.109. The lowest BCUT2D eigenvalue weighted by Gasteiger charge is -2.13. The first kappa shape index (κ1) is 14.7. The average molecular weight is 299 g/mol. The summed E-state index contributed by atoms with van der Waals surface area (Å²) in [7, 11) is 0. The van der Waals surface area contributed by atoms with Crippen LogP contribution >= 0.6 is 0 Å². The summed E-state index contributed by atoms with van der Waals surface area (Å²) in [5.41, 5.74) is 3.60. The molecular weight excluding hydrogens is 281 g/mol. The topological polar surface area (TPSA) is 38.3 Å². The molecule has 0 fully saturated rings. The van der Waals surface area contributed by atoms with E-state index in [1.165, 1.54) is 6.07 Å². The summed E-state index contributed by atoms with van der Waals surface area (Å²) in [4.78, 5) is 12.3. The first-order valence-electron chi connectivity index (χ1n) is 7.37. The smallest absolute Gasteiger partial charge is 0.227 e. The van der Waals surface area contributed by atoms with Gasteiger partial charge in [0.2, 0.25) is 5.91 Å². The minimum atomic E-state index is -0.304. The lowest BCUT2D eigenvalue weighted by atomic mass is 9.99. The fourth-order valence-electron chi connectivity index (χ4n) is 2.60. The number of halogens is 1. The third kappa shape index (κ3) is 3.17. The standard InChI is InChI=1S/C18H18FNO2/c1-12(8-13-4-2-3-5-17(13)19)18(21)20-16-7-6-14-10-22-11-15(14)9-16/h2-7,9,12H,8,10-11H2,1H3,(H,20,21)/t12-/m1/s1. The van der Waals surface area contributed by atoms with Crippen LogP contribution < -0.4 is 5.32 Å². The van der Waals surface area contributed by atoms with Crippen molar-refractivity contribution in [3.63, 3.8) is 0 Å². The molecule has 2 aromatic carbocycles. The first-order valence-corrected chi connectivity index (χ1v) is 7.37. The second kappa shape index (κ2) is 6.28. The lowest BCUT2D eigenvalue weighted by Crippen LogP contribution is -2.22. The molecule has 1 aliphatic heterocycles. The number of benzene rings is 2. The molecule has 0 bridgehead atoms. The average Bonchev–Trinajstić information content (AvgIpc) is 2.97. The van der Waals surface area contributed by atoms with Crippen molar-refractivity contribution in [2.75, 3.05) is 5.32 Å². The Bertz CT molecular complexity index is 699. The zero-order valence-electron chi connectivity index (χ0n) is 12.4. The zero-order valence-corrected chi connectivity index (χ0v) is 12.4. The van der Waals surface area contributed by atoms with Gasteiger partial charge in [-0.3, -0.25) is 4.79 Å². The minimum Gasteiger partial charge on any atom is -0.372 e. The Labute approximate surface area is 129 Å². The number of hydrogen-bond acceptors (Lipinski definition) is 2. The summed E-state index contributed by atoms with van der Waals surface area (Å²) in [6.07, 6.45) is 0.382. The van der Waals surface area contributed by atoms with Gasteiger partial charge in [-0.25, -0.2) is 4.39 Å². The maximum atomic E-state index is 13.6. The van der Waals surface area contributed by atoms with E-state index in [9.17, 15) is 9.18 Å². The molecule has 2 aromatic rings. The molecule has 0 saturated carbocycles. The lowest BCUT2D eigenvalue weighted by molar-refractivity contribution is -0.119. The van der Waals surface area contributed by atoms with Crippen LogP contribution in [0.25, 0.3) is 0 Å². The number of rotatable bonds is 4. The van der Waals surface area contributed by atoms with Crippen LogP contribution in [0.2, 0.25) is 0 Å². The monoisotopic (exact) mass is 299 g/mol. The van der Waals surface area contributed by atoms with E-state index < -0.39 is 0 Å². The SMILES string of the molecule is C[C@H](Cc1ccccc1F)C(=O)Nc1ccc2c(c1)COC2. The molecule has 0 unspecified atom stereocenters. The maximum absolute atomic E-state index is 13.6. The Hall–Kier alpha value is -2.20. The highest BCUT2D eigenvalue weighted by Gasteiger charge is 2.17. The van der Waals surface area contributed by atoms with Crippen molar-refractivity contribution in [3.8, 4) is 0 Å². The van der Waals surface area contributed by atoms with Crippen LogP contribution in [0.15, 0.2) is 42.5 Å². The van der Waals surface area contributed by atoms with E-state index in [2.05, 4.69) is 5.32 Å². The fraction of sp³-hybridized carbons (Fsp3) is 0.278. The highest BCUT2D eigenvalue weighted by Crippen LogP contribution is 2.23. The van der Waals surface area contributed by atoms with E-state index in [-0.39, 0.29) is 17.6 Å². The maximum Gasteiger partial charge on any atom is 0.227 e. The van der Waals surface area contributed by atoms with Gasteiger partial charge in [0.05, 0.1) is 13.2 Å². The summed E-state index contributed by atoms with van der Waals surface area (Å²) in [5, 5.41) is 2.89. The molecule has 0 aromatic heterocycles. The predicted molar refractivity (Wildman–Crippen MR) is 82.8 cm³/mol. The van der Waals surface area contributed by atoms with Crippen LogP contribution in [0.4, 0.5) is 10.1 Å². The number of carbonyl (C=O) groups is 1. The van der Waals surface area contributed by atoms with E-state index in [4.69, 9.17) is 4.74 Å². The third-order valence-corrected chi connectivity index (χ3v) is 3.92. The molecule has 0 spiro atoms. The molecule has 1 aliphatic rings. The molecule has 1 heterocycles. The number of anilines is 1. The predicted octanol–water partition coefficient (Wildman–Crippen LogP) is 3.67. The molecule has 0 radical (unpaired) electrons. The van der Waals surface area contributed by atoms with E-state index >= 15 is 0 Å². The Morgan fingerprint density at radius 2 is 2.00 bits per heavy atom. The van der Waals surface area contributed by atoms with E-state index in [0.29, 0.717) is 25.2 Å². The number of amides is 1. The Morgan fingerprint density at radius 1 is 1.23 bits per heavy atom. The van der Waals surface area contributed by atoms with Gasteiger partial charge in [0.15, 0.2) is 0 Å². The Morgan fingerprint density at radius 3 is 2.82 bits per heavy atom. The van der Waals surface area contributed by atoms with Gasteiger partial charge in [0.25, 0.3) is 0 Å². The van der Waals surface area contributed by atoms with E-state index in [1.54, 1.807) is 25.1 Å². The van der Waals surface area contributed by atoms with Crippen LogP contribution in [-0.2, 0) is 29.2 Å². The summed E-state index contributed by atoms with van der Waals surface area (Å²) >= 11 is 0. The van der Waals surface area contributed by atoms with E-state index in [1.807, 2.05) is 18.2 Å². The van der Waals surface area contributed by atoms with Crippen molar-refractivity contribution in [3.05, 3.63) is 65.0 Å². The van der Waals surface area contributed by atoms with E-state index in [0.717, 1.165) is 16.8 Å². The molecule has 4 heteroatoms. The quantitative estimate of drug-likeness (QED) is 0.935. The second-order valence-corrected chi connectivity index (χ2v) is 5.66. The molecule has 3 rings (SSSR count). The van der Waals surface area contributed by atoms with Crippen molar-refractivity contribution in [2.45, 2.75) is 26.6 Å². The Balaban J connectivity index is 1.65.